The molecule has 0 radical (unpaired) electrons. The van der Waals surface area contributed by atoms with Gasteiger partial charge in [-0.1, -0.05) is 72.0 Å². The van der Waals surface area contributed by atoms with Gasteiger partial charge in [0.25, 0.3) is 0 Å². The van der Waals surface area contributed by atoms with Gasteiger partial charge in [0, 0.05) is 50.5 Å². The van der Waals surface area contributed by atoms with Gasteiger partial charge in [0.05, 0.1) is 17.2 Å². The van der Waals surface area contributed by atoms with Crippen LogP contribution in [0.1, 0.15) is 22.3 Å². The molecule has 0 spiro atoms. The van der Waals surface area contributed by atoms with Crippen LogP contribution in [0.2, 0.25) is 0 Å². The molecule has 0 amide bonds. The van der Waals surface area contributed by atoms with Gasteiger partial charge in [-0.3, -0.25) is 9.97 Å². The molecule has 0 saturated carbocycles. The largest absolute Gasteiger partial charge is 3.00 e. The molecule has 6 nitrogen and oxygen atoms in total. The zero-order chi connectivity index (χ0) is 36.0. The molecule has 0 unspecified atom stereocenters. The molecule has 266 valence electrons. The van der Waals surface area contributed by atoms with E-state index in [2.05, 4.69) is 93.8 Å². The molecule has 0 bridgehead atoms. The first-order valence-corrected chi connectivity index (χ1v) is 17.9. The first-order chi connectivity index (χ1) is 26.1. The number of hydrogen-bond acceptors (Lipinski definition) is 4. The summed E-state index contributed by atoms with van der Waals surface area (Å²) in [6.45, 7) is 0. The predicted octanol–water partition coefficient (Wildman–Crippen LogP) is 10.1. The van der Waals surface area contributed by atoms with Crippen LogP contribution in [0, 0.1) is 18.2 Å². The number of fused-ring (bicyclic) bond motifs is 3. The average Bonchev–Trinajstić information content (AvgIpc) is 3.95. The van der Waals surface area contributed by atoms with Gasteiger partial charge in [-0.05, 0) is 47.7 Å². The van der Waals surface area contributed by atoms with E-state index < -0.39 is 0 Å². The van der Waals surface area contributed by atoms with Gasteiger partial charge in [-0.15, -0.1) is 89.5 Å². The van der Waals surface area contributed by atoms with Crippen LogP contribution in [0.25, 0.3) is 56.0 Å². The standard InChI is InChI=1S/C31H27N3.C16H11N2O.Ir/c1-34-21-20-32-31(34)29-17-14-24(15-18-29)10-11-25-6-5-7-26(22-25)12-13-27-16-19-30(33-23-27)28-8-3-2-4-9-28;1-18-10-9-17-16(18)13-7-4-6-12-11-5-2-3-8-14(11)19-15(12)13;/h2-8,14-17,19-23H,10-13H2,1H3;2-6,8-10H,1H3;/q-2;-1;+3. The first-order valence-electron chi connectivity index (χ1n) is 17.9. The van der Waals surface area contributed by atoms with E-state index in [4.69, 9.17) is 4.42 Å². The Kier molecular flexibility index (Phi) is 11.4. The maximum Gasteiger partial charge on any atom is 3.00 e. The second-order valence-corrected chi connectivity index (χ2v) is 13.2. The summed E-state index contributed by atoms with van der Waals surface area (Å²) in [4.78, 5) is 13.4. The van der Waals surface area contributed by atoms with Gasteiger partial charge in [0.15, 0.2) is 0 Å². The quantitative estimate of drug-likeness (QED) is 0.136. The first kappa shape index (κ1) is 36.5. The monoisotopic (exact) mass is 881 g/mol. The Hall–Kier alpha value is -5.88. The molecule has 0 aliphatic carbocycles. The molecule has 9 aromatic rings. The average molecular weight is 881 g/mol. The third-order valence-electron chi connectivity index (χ3n) is 9.53. The number of furan rings is 1. The molecule has 7 heteroatoms. The van der Waals surface area contributed by atoms with Crippen molar-refractivity contribution in [2.75, 3.05) is 0 Å². The molecule has 0 aliphatic heterocycles. The number of hydrogen-bond donors (Lipinski definition) is 0. The van der Waals surface area contributed by atoms with Gasteiger partial charge in [-0.2, -0.15) is 0 Å². The maximum absolute atomic E-state index is 5.98. The second-order valence-electron chi connectivity index (χ2n) is 13.2. The molecule has 0 fully saturated rings. The fraction of sp³-hybridized carbons (Fsp3) is 0.128. The second kappa shape index (κ2) is 16.9. The van der Waals surface area contributed by atoms with Crippen molar-refractivity contribution >= 4 is 21.9 Å². The van der Waals surface area contributed by atoms with E-state index in [0.29, 0.717) is 0 Å². The zero-order valence-electron chi connectivity index (χ0n) is 30.2. The summed E-state index contributed by atoms with van der Waals surface area (Å²) in [7, 11) is 3.98. The summed E-state index contributed by atoms with van der Waals surface area (Å²) < 4.78 is 9.97. The number of nitrogens with zero attached hydrogens (tertiary/aromatic N) is 5. The van der Waals surface area contributed by atoms with Crippen molar-refractivity contribution in [1.29, 1.82) is 0 Å². The van der Waals surface area contributed by atoms with E-state index in [1.807, 2.05) is 103 Å². The minimum Gasteiger partial charge on any atom is -0.501 e. The maximum atomic E-state index is 5.98. The normalized spacial score (nSPS) is 10.9. The molecular formula is C47H38IrN5O. The summed E-state index contributed by atoms with van der Waals surface area (Å²) in [5.74, 6) is 1.81. The molecule has 9 rings (SSSR count). The van der Waals surface area contributed by atoms with Gasteiger partial charge in [0.1, 0.15) is 5.58 Å². The SMILES string of the molecule is Cn1ccnc1-c1[c-]cc(CCc2cccc(CCc3ccc(-c4[c-]cccc4)nc3)c2)cc1.Cn1ccnc1-c1[c-]ccc2c1oc1ccccc12.[Ir+3]. The van der Waals surface area contributed by atoms with E-state index in [-0.39, 0.29) is 20.1 Å². The topological polar surface area (TPSA) is 61.7 Å². The van der Waals surface area contributed by atoms with Gasteiger partial charge >= 0.3 is 20.1 Å². The van der Waals surface area contributed by atoms with Crippen LogP contribution in [-0.4, -0.2) is 24.1 Å². The molecule has 0 aliphatic rings. The fourth-order valence-corrected chi connectivity index (χ4v) is 6.64. The molecule has 54 heavy (non-hydrogen) atoms. The number of benzene rings is 5. The Morgan fingerprint density at radius 3 is 1.98 bits per heavy atom. The Labute approximate surface area is 329 Å². The van der Waals surface area contributed by atoms with Crippen molar-refractivity contribution < 1.29 is 24.5 Å². The number of aromatic nitrogens is 5. The van der Waals surface area contributed by atoms with Crippen molar-refractivity contribution in [3.63, 3.8) is 0 Å². The molecule has 0 saturated heterocycles. The summed E-state index contributed by atoms with van der Waals surface area (Å²) in [5, 5.41) is 2.23. The van der Waals surface area contributed by atoms with Gasteiger partial charge in [0.2, 0.25) is 0 Å². The Balaban J connectivity index is 0.000000190. The minimum absolute atomic E-state index is 0. The Morgan fingerprint density at radius 1 is 0.574 bits per heavy atom. The fourth-order valence-electron chi connectivity index (χ4n) is 6.64. The third kappa shape index (κ3) is 8.18. The van der Waals surface area contributed by atoms with Crippen LogP contribution >= 0.6 is 0 Å². The Morgan fingerprint density at radius 2 is 1.30 bits per heavy atom. The zero-order valence-corrected chi connectivity index (χ0v) is 32.6. The number of rotatable bonds is 9. The van der Waals surface area contributed by atoms with Crippen LogP contribution in [0.5, 0.6) is 0 Å². The smallest absolute Gasteiger partial charge is 0.501 e. The number of imidazole rings is 2. The molecular weight excluding hydrogens is 843 g/mol. The number of aryl methyl sites for hydroxylation is 6. The van der Waals surface area contributed by atoms with E-state index in [9.17, 15) is 0 Å². The van der Waals surface area contributed by atoms with Crippen LogP contribution in [0.15, 0.2) is 151 Å². The molecule has 4 aromatic heterocycles. The van der Waals surface area contributed by atoms with E-state index in [0.717, 1.165) is 81.7 Å². The van der Waals surface area contributed by atoms with Crippen LogP contribution < -0.4 is 0 Å². The molecule has 4 heterocycles. The van der Waals surface area contributed by atoms with Crippen molar-refractivity contribution in [3.05, 3.63) is 187 Å². The van der Waals surface area contributed by atoms with Crippen LogP contribution in [0.3, 0.4) is 0 Å². The van der Waals surface area contributed by atoms with Crippen LogP contribution in [-0.2, 0) is 59.9 Å². The Bertz CT molecular complexity index is 2580. The number of para-hydroxylation sites is 1. The molecule has 0 atom stereocenters. The van der Waals surface area contributed by atoms with Crippen molar-refractivity contribution in [3.8, 4) is 34.0 Å². The summed E-state index contributed by atoms with van der Waals surface area (Å²) >= 11 is 0. The molecule has 5 aromatic carbocycles. The predicted molar refractivity (Wildman–Crippen MR) is 212 cm³/mol. The van der Waals surface area contributed by atoms with E-state index in [1.165, 1.54) is 22.3 Å². The van der Waals surface area contributed by atoms with Crippen molar-refractivity contribution in [2.45, 2.75) is 25.7 Å². The van der Waals surface area contributed by atoms with Crippen molar-refractivity contribution in [1.82, 2.24) is 24.1 Å². The van der Waals surface area contributed by atoms with Gasteiger partial charge in [-0.25, -0.2) is 0 Å². The molecule has 0 N–H and O–H groups in total. The van der Waals surface area contributed by atoms with Crippen LogP contribution in [0.4, 0.5) is 0 Å². The van der Waals surface area contributed by atoms with E-state index in [1.54, 1.807) is 6.20 Å². The third-order valence-corrected chi connectivity index (χ3v) is 9.53. The van der Waals surface area contributed by atoms with Gasteiger partial charge < -0.3 is 18.5 Å². The summed E-state index contributed by atoms with van der Waals surface area (Å²) in [5.41, 5.74) is 11.0. The van der Waals surface area contributed by atoms with Crippen molar-refractivity contribution in [2.24, 2.45) is 14.1 Å². The summed E-state index contributed by atoms with van der Waals surface area (Å²) in [6.07, 6.45) is 13.5. The minimum atomic E-state index is 0. The van der Waals surface area contributed by atoms with E-state index >= 15 is 0 Å². The summed E-state index contributed by atoms with van der Waals surface area (Å²) in [6, 6.07) is 49.5. The number of pyridine rings is 1.